The highest BCUT2D eigenvalue weighted by atomic mass is 16.5. The number of fused-ring (bicyclic) bond motifs is 1. The topological polar surface area (TPSA) is 35.5 Å². The van der Waals surface area contributed by atoms with Crippen molar-refractivity contribution in [2.45, 2.75) is 11.3 Å². The lowest BCUT2D eigenvalue weighted by atomic mass is 9.89. The summed E-state index contributed by atoms with van der Waals surface area (Å²) < 4.78 is 10.3. The Kier molecular flexibility index (Phi) is 3.22. The van der Waals surface area contributed by atoms with Gasteiger partial charge in [-0.05, 0) is 29.3 Å². The van der Waals surface area contributed by atoms with Crippen LogP contribution in [0.15, 0.2) is 66.9 Å². The molecule has 0 amide bonds. The zero-order valence-electron chi connectivity index (χ0n) is 12.9. The standard InChI is InChI=1S/C20H18O3/c1-22-19(21)15-7-9-16(10-8-15)20-11-12-23-13-17(20)18(20)14-5-3-2-4-6-14/h2-12,17-18H,13H2,1H3/t17-,18-,20+/m0/s1. The van der Waals surface area contributed by atoms with Gasteiger partial charge in [0.2, 0.25) is 0 Å². The summed E-state index contributed by atoms with van der Waals surface area (Å²) in [4.78, 5) is 11.6. The highest BCUT2D eigenvalue weighted by Gasteiger charge is 2.65. The van der Waals surface area contributed by atoms with Crippen LogP contribution in [0.4, 0.5) is 0 Å². The molecule has 2 aromatic carbocycles. The molecule has 116 valence electrons. The molecular weight excluding hydrogens is 288 g/mol. The van der Waals surface area contributed by atoms with Gasteiger partial charge in [0.1, 0.15) is 0 Å². The number of rotatable bonds is 3. The summed E-state index contributed by atoms with van der Waals surface area (Å²) in [7, 11) is 1.40. The van der Waals surface area contributed by atoms with E-state index < -0.39 is 0 Å². The number of ether oxygens (including phenoxy) is 2. The normalized spacial score (nSPS) is 27.7. The molecule has 0 saturated heterocycles. The van der Waals surface area contributed by atoms with Crippen LogP contribution in [0, 0.1) is 5.92 Å². The third kappa shape index (κ3) is 2.07. The van der Waals surface area contributed by atoms with E-state index in [-0.39, 0.29) is 11.4 Å². The Morgan fingerprint density at radius 3 is 2.57 bits per heavy atom. The van der Waals surface area contributed by atoms with Crippen molar-refractivity contribution in [1.82, 2.24) is 0 Å². The molecule has 0 spiro atoms. The molecule has 3 nitrogen and oxygen atoms in total. The molecule has 3 heteroatoms. The van der Waals surface area contributed by atoms with Gasteiger partial charge in [-0.15, -0.1) is 0 Å². The molecule has 0 aromatic heterocycles. The fourth-order valence-corrected chi connectivity index (χ4v) is 3.93. The number of hydrogen-bond donors (Lipinski definition) is 0. The Bertz CT molecular complexity index is 748. The van der Waals surface area contributed by atoms with Gasteiger partial charge in [0.15, 0.2) is 0 Å². The Morgan fingerprint density at radius 1 is 1.13 bits per heavy atom. The lowest BCUT2D eigenvalue weighted by Gasteiger charge is -2.18. The van der Waals surface area contributed by atoms with Crippen LogP contribution in [0.3, 0.4) is 0 Å². The molecule has 1 heterocycles. The lowest BCUT2D eigenvalue weighted by Crippen LogP contribution is -2.14. The monoisotopic (exact) mass is 306 g/mol. The zero-order valence-corrected chi connectivity index (χ0v) is 12.9. The molecule has 2 aromatic rings. The maximum Gasteiger partial charge on any atom is 0.337 e. The number of methoxy groups -OCH3 is 1. The molecule has 0 radical (unpaired) electrons. The van der Waals surface area contributed by atoms with E-state index in [0.29, 0.717) is 17.4 Å². The van der Waals surface area contributed by atoms with E-state index in [2.05, 4.69) is 30.3 Å². The number of benzene rings is 2. The molecule has 0 bridgehead atoms. The highest BCUT2D eigenvalue weighted by Crippen LogP contribution is 2.67. The third-order valence-corrected chi connectivity index (χ3v) is 5.10. The minimum atomic E-state index is -0.302. The smallest absolute Gasteiger partial charge is 0.337 e. The number of carbonyl (C=O) groups is 1. The van der Waals surface area contributed by atoms with Crippen LogP contribution < -0.4 is 0 Å². The first-order chi connectivity index (χ1) is 11.3. The SMILES string of the molecule is COC(=O)c1ccc([C@]23C=COC[C@H]2[C@@H]3c2ccccc2)cc1. The maximum atomic E-state index is 11.6. The van der Waals surface area contributed by atoms with E-state index in [4.69, 9.17) is 9.47 Å². The average Bonchev–Trinajstić information content (AvgIpc) is 3.32. The minimum absolute atomic E-state index is 0.0196. The Labute approximate surface area is 135 Å². The van der Waals surface area contributed by atoms with Crippen molar-refractivity contribution in [3.8, 4) is 0 Å². The van der Waals surface area contributed by atoms with Crippen LogP contribution in [-0.4, -0.2) is 19.7 Å². The predicted octanol–water partition coefficient (Wildman–Crippen LogP) is 3.67. The molecule has 1 aliphatic heterocycles. The molecule has 2 aliphatic rings. The van der Waals surface area contributed by atoms with Gasteiger partial charge in [-0.1, -0.05) is 42.5 Å². The highest BCUT2D eigenvalue weighted by molar-refractivity contribution is 5.89. The van der Waals surface area contributed by atoms with E-state index in [1.165, 1.54) is 18.2 Å². The summed E-state index contributed by atoms with van der Waals surface area (Å²) in [5.74, 6) is 0.564. The van der Waals surface area contributed by atoms with Crippen molar-refractivity contribution in [3.63, 3.8) is 0 Å². The first-order valence-electron chi connectivity index (χ1n) is 7.80. The fraction of sp³-hybridized carbons (Fsp3) is 0.250. The third-order valence-electron chi connectivity index (χ3n) is 5.10. The van der Waals surface area contributed by atoms with Crippen LogP contribution in [0.2, 0.25) is 0 Å². The van der Waals surface area contributed by atoms with Crippen molar-refractivity contribution in [3.05, 3.63) is 83.6 Å². The van der Waals surface area contributed by atoms with E-state index in [0.717, 1.165) is 6.61 Å². The zero-order chi connectivity index (χ0) is 15.9. The second-order valence-corrected chi connectivity index (χ2v) is 6.13. The van der Waals surface area contributed by atoms with Gasteiger partial charge < -0.3 is 9.47 Å². The molecule has 23 heavy (non-hydrogen) atoms. The predicted molar refractivity (Wildman–Crippen MR) is 87.2 cm³/mol. The summed E-state index contributed by atoms with van der Waals surface area (Å²) in [6.45, 7) is 0.731. The second-order valence-electron chi connectivity index (χ2n) is 6.13. The van der Waals surface area contributed by atoms with Crippen LogP contribution in [0.5, 0.6) is 0 Å². The lowest BCUT2D eigenvalue weighted by molar-refractivity contribution is 0.0600. The second kappa shape index (κ2) is 5.27. The Morgan fingerprint density at radius 2 is 1.87 bits per heavy atom. The Hall–Kier alpha value is -2.55. The summed E-state index contributed by atoms with van der Waals surface area (Å²) >= 11 is 0. The number of hydrogen-bond acceptors (Lipinski definition) is 3. The van der Waals surface area contributed by atoms with Crippen LogP contribution in [0.1, 0.15) is 27.4 Å². The molecule has 0 N–H and O–H groups in total. The quantitative estimate of drug-likeness (QED) is 0.812. The van der Waals surface area contributed by atoms with Crippen molar-refractivity contribution in [2.75, 3.05) is 13.7 Å². The van der Waals surface area contributed by atoms with Gasteiger partial charge in [-0.25, -0.2) is 4.79 Å². The van der Waals surface area contributed by atoms with Gasteiger partial charge in [-0.3, -0.25) is 0 Å². The first-order valence-corrected chi connectivity index (χ1v) is 7.80. The summed E-state index contributed by atoms with van der Waals surface area (Å²) in [6, 6.07) is 18.3. The number of carbonyl (C=O) groups excluding carboxylic acids is 1. The molecular formula is C20H18O3. The average molecular weight is 306 g/mol. The molecule has 0 unspecified atom stereocenters. The molecule has 1 fully saturated rings. The van der Waals surface area contributed by atoms with Gasteiger partial charge >= 0.3 is 5.97 Å². The van der Waals surface area contributed by atoms with Gasteiger partial charge in [0.05, 0.1) is 25.5 Å². The van der Waals surface area contributed by atoms with Crippen LogP contribution in [-0.2, 0) is 14.9 Å². The Balaban J connectivity index is 1.72. The van der Waals surface area contributed by atoms with E-state index in [9.17, 15) is 4.79 Å². The van der Waals surface area contributed by atoms with Gasteiger partial charge in [0.25, 0.3) is 0 Å². The summed E-state index contributed by atoms with van der Waals surface area (Å²) in [5.41, 5.74) is 3.12. The maximum absolute atomic E-state index is 11.6. The number of allylic oxidation sites excluding steroid dienone is 1. The van der Waals surface area contributed by atoms with Crippen molar-refractivity contribution in [2.24, 2.45) is 5.92 Å². The van der Waals surface area contributed by atoms with Crippen molar-refractivity contribution < 1.29 is 14.3 Å². The van der Waals surface area contributed by atoms with Gasteiger partial charge in [0, 0.05) is 17.3 Å². The minimum Gasteiger partial charge on any atom is -0.501 e. The van der Waals surface area contributed by atoms with Crippen molar-refractivity contribution in [1.29, 1.82) is 0 Å². The largest absolute Gasteiger partial charge is 0.501 e. The molecule has 3 atom stereocenters. The van der Waals surface area contributed by atoms with Crippen LogP contribution >= 0.6 is 0 Å². The first kappa shape index (κ1) is 14.1. The molecule has 1 saturated carbocycles. The molecule has 4 rings (SSSR count). The van der Waals surface area contributed by atoms with Gasteiger partial charge in [-0.2, -0.15) is 0 Å². The number of esters is 1. The summed E-state index contributed by atoms with van der Waals surface area (Å²) in [6.07, 6.45) is 3.99. The van der Waals surface area contributed by atoms with Crippen LogP contribution in [0.25, 0.3) is 0 Å². The van der Waals surface area contributed by atoms with E-state index in [1.807, 2.05) is 36.6 Å². The molecule has 1 aliphatic carbocycles. The summed E-state index contributed by atoms with van der Waals surface area (Å²) in [5, 5.41) is 0. The van der Waals surface area contributed by atoms with E-state index >= 15 is 0 Å². The fourth-order valence-electron chi connectivity index (χ4n) is 3.93. The van der Waals surface area contributed by atoms with E-state index in [1.54, 1.807) is 0 Å². The van der Waals surface area contributed by atoms with Crippen molar-refractivity contribution >= 4 is 5.97 Å².